The third kappa shape index (κ3) is 2.89. The number of rotatable bonds is 2. The van der Waals surface area contributed by atoms with Gasteiger partial charge in [-0.2, -0.15) is 0 Å². The van der Waals surface area contributed by atoms with E-state index in [1.165, 1.54) is 5.56 Å². The lowest BCUT2D eigenvalue weighted by Crippen LogP contribution is -2.27. The molecule has 0 unspecified atom stereocenters. The lowest BCUT2D eigenvalue weighted by Gasteiger charge is -2.21. The fourth-order valence-electron chi connectivity index (χ4n) is 2.55. The Morgan fingerprint density at radius 1 is 1.24 bits per heavy atom. The third-order valence-electron chi connectivity index (χ3n) is 3.54. The predicted molar refractivity (Wildman–Crippen MR) is 84.8 cm³/mol. The molecule has 3 heterocycles. The monoisotopic (exact) mass is 322 g/mol. The van der Waals surface area contributed by atoms with Gasteiger partial charge >= 0.3 is 0 Å². The Balaban J connectivity index is 2.17. The Kier molecular flexibility index (Phi) is 4.11. The number of aromatic nitrogens is 3. The van der Waals surface area contributed by atoms with Crippen LogP contribution in [0.25, 0.3) is 11.5 Å². The van der Waals surface area contributed by atoms with Gasteiger partial charge in [0.15, 0.2) is 5.82 Å². The first kappa shape index (κ1) is 14.7. The number of nitrogens with one attached hydrogen (secondary N) is 1. The van der Waals surface area contributed by atoms with Crippen molar-refractivity contribution < 1.29 is 0 Å². The van der Waals surface area contributed by atoms with Crippen molar-refractivity contribution in [3.05, 3.63) is 39.3 Å². The van der Waals surface area contributed by atoms with Crippen molar-refractivity contribution in [2.24, 2.45) is 0 Å². The zero-order valence-corrected chi connectivity index (χ0v) is 13.5. The topological polar surface area (TPSA) is 50.7 Å². The van der Waals surface area contributed by atoms with Crippen LogP contribution in [0.2, 0.25) is 10.0 Å². The van der Waals surface area contributed by atoms with Crippen molar-refractivity contribution in [2.45, 2.75) is 32.7 Å². The summed E-state index contributed by atoms with van der Waals surface area (Å²) in [7, 11) is 0. The summed E-state index contributed by atoms with van der Waals surface area (Å²) in [5, 5.41) is 4.32. The Hall–Kier alpha value is -1.23. The Bertz CT molecular complexity index is 686. The van der Waals surface area contributed by atoms with Gasteiger partial charge in [0.05, 0.1) is 21.4 Å². The van der Waals surface area contributed by atoms with Crippen LogP contribution in [0.15, 0.2) is 12.3 Å². The second-order valence-corrected chi connectivity index (χ2v) is 6.27. The molecule has 0 saturated carbocycles. The highest BCUT2D eigenvalue weighted by molar-refractivity contribution is 6.35. The molecule has 1 N–H and O–H groups in total. The molecule has 6 heteroatoms. The van der Waals surface area contributed by atoms with E-state index in [2.05, 4.69) is 29.1 Å². The van der Waals surface area contributed by atoms with E-state index in [1.54, 1.807) is 12.3 Å². The average molecular weight is 323 g/mol. The molecule has 0 atom stereocenters. The van der Waals surface area contributed by atoms with Gasteiger partial charge in [0.25, 0.3) is 0 Å². The van der Waals surface area contributed by atoms with Crippen LogP contribution in [0.4, 0.5) is 0 Å². The summed E-state index contributed by atoms with van der Waals surface area (Å²) in [5.41, 5.74) is 3.97. The molecule has 0 radical (unpaired) electrons. The normalized spacial score (nSPS) is 14.3. The van der Waals surface area contributed by atoms with E-state index in [4.69, 9.17) is 28.2 Å². The molecule has 1 aliphatic rings. The van der Waals surface area contributed by atoms with E-state index in [0.717, 1.165) is 30.9 Å². The van der Waals surface area contributed by atoms with Crippen LogP contribution in [0.5, 0.6) is 0 Å². The number of pyridine rings is 1. The molecule has 3 rings (SSSR count). The molecule has 4 nitrogen and oxygen atoms in total. The molecule has 0 aromatic carbocycles. The summed E-state index contributed by atoms with van der Waals surface area (Å²) in [5.74, 6) is 0.910. The molecule has 0 saturated heterocycles. The van der Waals surface area contributed by atoms with E-state index in [0.29, 0.717) is 27.5 Å². The lowest BCUT2D eigenvalue weighted by atomic mass is 9.97. The van der Waals surface area contributed by atoms with E-state index in [-0.39, 0.29) is 0 Å². The van der Waals surface area contributed by atoms with E-state index in [1.807, 2.05) is 0 Å². The van der Waals surface area contributed by atoms with Crippen molar-refractivity contribution in [3.8, 4) is 11.5 Å². The van der Waals surface area contributed by atoms with Crippen LogP contribution in [-0.4, -0.2) is 21.5 Å². The molecule has 110 valence electrons. The van der Waals surface area contributed by atoms with Crippen LogP contribution in [0, 0.1) is 0 Å². The van der Waals surface area contributed by atoms with Crippen LogP contribution in [0.3, 0.4) is 0 Å². The molecule has 0 amide bonds. The smallest absolute Gasteiger partial charge is 0.180 e. The minimum Gasteiger partial charge on any atom is -0.311 e. The maximum absolute atomic E-state index is 6.24. The number of hydrogen-bond acceptors (Lipinski definition) is 4. The van der Waals surface area contributed by atoms with Gasteiger partial charge in [-0.05, 0) is 30.5 Å². The summed E-state index contributed by atoms with van der Waals surface area (Å²) in [6, 6.07) is 1.67. The van der Waals surface area contributed by atoms with Crippen molar-refractivity contribution >= 4 is 23.2 Å². The van der Waals surface area contributed by atoms with Crippen molar-refractivity contribution in [2.75, 3.05) is 6.54 Å². The first-order valence-corrected chi connectivity index (χ1v) is 7.73. The highest BCUT2D eigenvalue weighted by Gasteiger charge is 2.21. The largest absolute Gasteiger partial charge is 0.311 e. The molecule has 0 bridgehead atoms. The standard InChI is InChI=1S/C15H16Cl2N4/c1-8(2)13-10-3-4-18-7-12(10)20-15(21-13)14-11(17)5-9(16)6-19-14/h5-6,8,18H,3-4,7H2,1-2H3. The minimum absolute atomic E-state index is 0.338. The molecule has 2 aromatic heterocycles. The summed E-state index contributed by atoms with van der Waals surface area (Å²) in [4.78, 5) is 13.7. The van der Waals surface area contributed by atoms with Gasteiger partial charge in [0, 0.05) is 12.7 Å². The van der Waals surface area contributed by atoms with Gasteiger partial charge in [-0.25, -0.2) is 15.0 Å². The van der Waals surface area contributed by atoms with Crippen LogP contribution in [0.1, 0.15) is 36.7 Å². The van der Waals surface area contributed by atoms with Crippen molar-refractivity contribution in [1.29, 1.82) is 0 Å². The van der Waals surface area contributed by atoms with E-state index < -0.39 is 0 Å². The lowest BCUT2D eigenvalue weighted by molar-refractivity contribution is 0.609. The predicted octanol–water partition coefficient (Wildman–Crippen LogP) is 3.61. The SMILES string of the molecule is CC(C)c1nc(-c2ncc(Cl)cc2Cl)nc2c1CCNC2. The molecular formula is C15H16Cl2N4. The van der Waals surface area contributed by atoms with Gasteiger partial charge in [-0.3, -0.25) is 0 Å². The van der Waals surface area contributed by atoms with Gasteiger partial charge in [0.1, 0.15) is 5.69 Å². The van der Waals surface area contributed by atoms with E-state index in [9.17, 15) is 0 Å². The van der Waals surface area contributed by atoms with Gasteiger partial charge in [-0.15, -0.1) is 0 Å². The molecule has 0 fully saturated rings. The van der Waals surface area contributed by atoms with Gasteiger partial charge < -0.3 is 5.32 Å². The van der Waals surface area contributed by atoms with Gasteiger partial charge in [-0.1, -0.05) is 37.0 Å². The molecule has 0 aliphatic carbocycles. The minimum atomic E-state index is 0.338. The van der Waals surface area contributed by atoms with Crippen molar-refractivity contribution in [1.82, 2.24) is 20.3 Å². The van der Waals surface area contributed by atoms with Crippen LogP contribution in [-0.2, 0) is 13.0 Å². The van der Waals surface area contributed by atoms with Crippen molar-refractivity contribution in [3.63, 3.8) is 0 Å². The summed E-state index contributed by atoms with van der Waals surface area (Å²) < 4.78 is 0. The van der Waals surface area contributed by atoms with E-state index >= 15 is 0 Å². The number of halogens is 2. The molecular weight excluding hydrogens is 307 g/mol. The number of nitrogens with zero attached hydrogens (tertiary/aromatic N) is 3. The second-order valence-electron chi connectivity index (χ2n) is 5.42. The van der Waals surface area contributed by atoms with Gasteiger partial charge in [0.2, 0.25) is 0 Å². The number of fused-ring (bicyclic) bond motifs is 1. The fourth-order valence-corrected chi connectivity index (χ4v) is 3.02. The quantitative estimate of drug-likeness (QED) is 0.917. The zero-order valence-electron chi connectivity index (χ0n) is 12.0. The summed E-state index contributed by atoms with van der Waals surface area (Å²) >= 11 is 12.1. The van der Waals surface area contributed by atoms with Crippen LogP contribution < -0.4 is 5.32 Å². The first-order chi connectivity index (χ1) is 10.1. The zero-order chi connectivity index (χ0) is 15.0. The number of hydrogen-bond donors (Lipinski definition) is 1. The fraction of sp³-hybridized carbons (Fsp3) is 0.400. The molecule has 0 spiro atoms. The maximum atomic E-state index is 6.24. The Morgan fingerprint density at radius 3 is 2.76 bits per heavy atom. The molecule has 21 heavy (non-hydrogen) atoms. The maximum Gasteiger partial charge on any atom is 0.180 e. The van der Waals surface area contributed by atoms with Crippen LogP contribution >= 0.6 is 23.2 Å². The Labute approximate surface area is 133 Å². The highest BCUT2D eigenvalue weighted by Crippen LogP contribution is 2.29. The third-order valence-corrected chi connectivity index (χ3v) is 4.03. The molecule has 1 aliphatic heterocycles. The average Bonchev–Trinajstić information content (AvgIpc) is 2.46. The highest BCUT2D eigenvalue weighted by atomic mass is 35.5. The Morgan fingerprint density at radius 2 is 2.05 bits per heavy atom. The first-order valence-electron chi connectivity index (χ1n) is 6.98. The second kappa shape index (κ2) is 5.87. The molecule has 2 aromatic rings. The summed E-state index contributed by atoms with van der Waals surface area (Å²) in [6.45, 7) is 6.02. The summed E-state index contributed by atoms with van der Waals surface area (Å²) in [6.07, 6.45) is 2.53.